The molecular formula is C45H45ClN6O6. The van der Waals surface area contributed by atoms with Gasteiger partial charge in [-0.15, -0.1) is 0 Å². The second-order valence-corrected chi connectivity index (χ2v) is 16.3. The molecule has 2 atom stereocenters. The minimum Gasteiger partial charge on any atom is -0.489 e. The van der Waals surface area contributed by atoms with Gasteiger partial charge in [0.15, 0.2) is 0 Å². The lowest BCUT2D eigenvalue weighted by molar-refractivity contribution is -0.136. The Bertz CT molecular complexity index is 2230. The first-order chi connectivity index (χ1) is 28.1. The van der Waals surface area contributed by atoms with Crippen molar-refractivity contribution in [2.75, 3.05) is 50.7 Å². The van der Waals surface area contributed by atoms with E-state index in [1.165, 1.54) is 0 Å². The molecule has 298 valence electrons. The predicted molar refractivity (Wildman–Crippen MR) is 218 cm³/mol. The number of nitrogens with one attached hydrogen (secondary N) is 1. The summed E-state index contributed by atoms with van der Waals surface area (Å²) in [5, 5.41) is 2.60. The van der Waals surface area contributed by atoms with Crippen molar-refractivity contribution < 1.29 is 28.7 Å². The minimum atomic E-state index is -0.968. The number of hydrogen-bond acceptors (Lipinski definition) is 8. The molecule has 0 aliphatic carbocycles. The Morgan fingerprint density at radius 1 is 0.862 bits per heavy atom. The van der Waals surface area contributed by atoms with Gasteiger partial charge in [0.05, 0.1) is 29.3 Å². The van der Waals surface area contributed by atoms with E-state index in [1.807, 2.05) is 35.2 Å². The summed E-state index contributed by atoms with van der Waals surface area (Å²) in [4.78, 5) is 74.9. The van der Waals surface area contributed by atoms with Crippen molar-refractivity contribution in [3.8, 4) is 17.6 Å². The standard InChI is InChI=1S/C45H45ClN6O6/c1-47-39-13-11-34(26-38(39)46)58-35-3-2-20-51(28-35)43(55)32-8-6-29(7-9-32)4-5-30-16-21-49(22-17-30)27-31-18-23-50(24-19-31)33-10-12-36-37(25-33)45(57)52(44(36)56)40-14-15-41(53)48-42(40)54/h6-13,25-26,30-31,35,40H,2-3,14-24,27-28H2,(H,48,53,54). The van der Waals surface area contributed by atoms with Gasteiger partial charge in [0.2, 0.25) is 17.5 Å². The van der Waals surface area contributed by atoms with Crippen molar-refractivity contribution in [3.63, 3.8) is 0 Å². The van der Waals surface area contributed by atoms with Crippen LogP contribution in [0.2, 0.25) is 5.02 Å². The molecule has 5 aliphatic heterocycles. The first kappa shape index (κ1) is 39.2. The van der Waals surface area contributed by atoms with E-state index in [4.69, 9.17) is 22.9 Å². The lowest BCUT2D eigenvalue weighted by atomic mass is 9.92. The third-order valence-corrected chi connectivity index (χ3v) is 12.4. The molecule has 58 heavy (non-hydrogen) atoms. The normalized spacial score (nSPS) is 21.9. The molecule has 0 aromatic heterocycles. The zero-order valence-corrected chi connectivity index (χ0v) is 33.0. The highest BCUT2D eigenvalue weighted by Crippen LogP contribution is 2.33. The lowest BCUT2D eigenvalue weighted by Gasteiger charge is -2.38. The van der Waals surface area contributed by atoms with Gasteiger partial charge >= 0.3 is 0 Å². The number of likely N-dealkylation sites (tertiary alicyclic amines) is 2. The van der Waals surface area contributed by atoms with Crippen LogP contribution >= 0.6 is 11.6 Å². The average molecular weight is 801 g/mol. The zero-order chi connectivity index (χ0) is 40.3. The summed E-state index contributed by atoms with van der Waals surface area (Å²) in [5.41, 5.74) is 3.43. The molecular weight excluding hydrogens is 756 g/mol. The Kier molecular flexibility index (Phi) is 11.5. The largest absolute Gasteiger partial charge is 0.489 e. The van der Waals surface area contributed by atoms with Gasteiger partial charge in [0, 0.05) is 55.3 Å². The summed E-state index contributed by atoms with van der Waals surface area (Å²) in [6.07, 6.45) is 5.88. The molecule has 4 fully saturated rings. The van der Waals surface area contributed by atoms with Crippen molar-refractivity contribution in [2.24, 2.45) is 11.8 Å². The molecule has 0 radical (unpaired) electrons. The molecule has 0 spiro atoms. The highest BCUT2D eigenvalue weighted by molar-refractivity contribution is 6.33. The fourth-order valence-corrected chi connectivity index (χ4v) is 8.99. The molecule has 1 N–H and O–H groups in total. The molecule has 4 saturated heterocycles. The van der Waals surface area contributed by atoms with E-state index in [0.29, 0.717) is 58.1 Å². The van der Waals surface area contributed by atoms with E-state index >= 15 is 0 Å². The number of carbonyl (C=O) groups is 5. The molecule has 12 nitrogen and oxygen atoms in total. The molecule has 0 saturated carbocycles. The lowest BCUT2D eigenvalue weighted by Crippen LogP contribution is -2.54. The van der Waals surface area contributed by atoms with Gasteiger partial charge in [0.25, 0.3) is 17.7 Å². The maximum absolute atomic E-state index is 13.4. The van der Waals surface area contributed by atoms with Crippen LogP contribution in [-0.2, 0) is 9.59 Å². The number of ether oxygens (including phenoxy) is 1. The molecule has 5 heterocycles. The number of rotatable bonds is 7. The Morgan fingerprint density at radius 3 is 2.34 bits per heavy atom. The quantitative estimate of drug-likeness (QED) is 0.177. The second kappa shape index (κ2) is 17.0. The summed E-state index contributed by atoms with van der Waals surface area (Å²) in [6, 6.07) is 17.0. The molecule has 3 aromatic carbocycles. The van der Waals surface area contributed by atoms with Crippen LogP contribution in [0.5, 0.6) is 5.75 Å². The van der Waals surface area contributed by atoms with Gasteiger partial charge in [-0.1, -0.05) is 29.5 Å². The van der Waals surface area contributed by atoms with Crippen molar-refractivity contribution in [3.05, 3.63) is 99.4 Å². The van der Waals surface area contributed by atoms with Crippen LogP contribution in [0.25, 0.3) is 4.85 Å². The van der Waals surface area contributed by atoms with E-state index < -0.39 is 23.8 Å². The maximum atomic E-state index is 13.4. The predicted octanol–water partition coefficient (Wildman–Crippen LogP) is 5.96. The second-order valence-electron chi connectivity index (χ2n) is 15.9. The SMILES string of the molecule is [C-]#[N+]c1ccc(OC2CCCN(C(=O)c3ccc(C#CC4CCN(CC5CCN(c6ccc7c(c6)C(=O)N(C6CCC(=O)NC6=O)C7=O)CC5)CC4)cc3)C2)cc1Cl. The number of carbonyl (C=O) groups excluding carboxylic acids is 5. The molecule has 5 amide bonds. The van der Waals surface area contributed by atoms with Gasteiger partial charge in [-0.2, -0.15) is 0 Å². The Balaban J connectivity index is 0.769. The number of halogens is 1. The number of nitrogens with zero attached hydrogens (tertiary/aromatic N) is 5. The number of fused-ring (bicyclic) bond motifs is 1. The van der Waals surface area contributed by atoms with E-state index in [1.54, 1.807) is 30.3 Å². The summed E-state index contributed by atoms with van der Waals surface area (Å²) in [7, 11) is 0. The molecule has 8 rings (SSSR count). The maximum Gasteiger partial charge on any atom is 0.262 e. The summed E-state index contributed by atoms with van der Waals surface area (Å²) in [6.45, 7) is 13.1. The van der Waals surface area contributed by atoms with E-state index in [9.17, 15) is 24.0 Å². The van der Waals surface area contributed by atoms with Crippen LogP contribution in [0.3, 0.4) is 0 Å². The smallest absolute Gasteiger partial charge is 0.262 e. The van der Waals surface area contributed by atoms with Crippen molar-refractivity contribution in [1.82, 2.24) is 20.0 Å². The van der Waals surface area contributed by atoms with Gasteiger partial charge in [-0.05, 0) is 119 Å². The van der Waals surface area contributed by atoms with Crippen molar-refractivity contribution in [2.45, 2.75) is 63.5 Å². The van der Waals surface area contributed by atoms with E-state index in [-0.39, 0.29) is 30.8 Å². The van der Waals surface area contributed by atoms with Crippen LogP contribution in [0.15, 0.2) is 60.7 Å². The van der Waals surface area contributed by atoms with Crippen LogP contribution in [-0.4, -0.2) is 102 Å². The Hall–Kier alpha value is -5.69. The number of anilines is 1. The first-order valence-corrected chi connectivity index (χ1v) is 20.6. The van der Waals surface area contributed by atoms with Gasteiger partial charge in [-0.3, -0.25) is 34.2 Å². The molecule has 2 unspecified atom stereocenters. The fourth-order valence-electron chi connectivity index (χ4n) is 8.78. The van der Waals surface area contributed by atoms with E-state index in [2.05, 4.69) is 31.8 Å². The Morgan fingerprint density at radius 2 is 1.62 bits per heavy atom. The zero-order valence-electron chi connectivity index (χ0n) is 32.3. The number of benzene rings is 3. The van der Waals surface area contributed by atoms with Crippen molar-refractivity contribution >= 4 is 52.5 Å². The van der Waals surface area contributed by atoms with Crippen LogP contribution < -0.4 is 15.0 Å². The highest BCUT2D eigenvalue weighted by Gasteiger charge is 2.45. The van der Waals surface area contributed by atoms with Crippen LogP contribution in [0.1, 0.15) is 88.0 Å². The van der Waals surface area contributed by atoms with E-state index in [0.717, 1.165) is 87.4 Å². The first-order valence-electron chi connectivity index (χ1n) is 20.2. The summed E-state index contributed by atoms with van der Waals surface area (Å²) >= 11 is 6.18. The van der Waals surface area contributed by atoms with Crippen LogP contribution in [0.4, 0.5) is 11.4 Å². The van der Waals surface area contributed by atoms with Crippen molar-refractivity contribution in [1.29, 1.82) is 0 Å². The average Bonchev–Trinajstić information content (AvgIpc) is 3.48. The molecule has 3 aromatic rings. The van der Waals surface area contributed by atoms with Crippen LogP contribution in [0, 0.1) is 30.2 Å². The Labute approximate surface area is 343 Å². The van der Waals surface area contributed by atoms with Gasteiger partial charge in [-0.25, -0.2) is 4.85 Å². The number of hydrogen-bond donors (Lipinski definition) is 1. The topological polar surface area (TPSA) is 124 Å². The molecule has 5 aliphatic rings. The summed E-state index contributed by atoms with van der Waals surface area (Å²) in [5.74, 6) is 6.36. The monoisotopic (exact) mass is 800 g/mol. The molecule has 0 bridgehead atoms. The number of amides is 5. The minimum absolute atomic E-state index is 0.0234. The molecule has 13 heteroatoms. The summed E-state index contributed by atoms with van der Waals surface area (Å²) < 4.78 is 6.13. The number of imide groups is 2. The highest BCUT2D eigenvalue weighted by atomic mass is 35.5. The number of piperidine rings is 4. The fraction of sp³-hybridized carbons (Fsp3) is 0.422. The third kappa shape index (κ3) is 8.45. The third-order valence-electron chi connectivity index (χ3n) is 12.1. The van der Waals surface area contributed by atoms with Gasteiger partial charge < -0.3 is 19.4 Å². The van der Waals surface area contributed by atoms with Gasteiger partial charge in [0.1, 0.15) is 17.9 Å².